The quantitative estimate of drug-likeness (QED) is 0.596. The highest BCUT2D eigenvalue weighted by atomic mass is 32.2. The number of sulfonamides is 2. The third kappa shape index (κ3) is 5.47. The second-order valence-electron chi connectivity index (χ2n) is 7.48. The Morgan fingerprint density at radius 1 is 1.00 bits per heavy atom. The number of anilines is 1. The van der Waals surface area contributed by atoms with E-state index in [1.54, 1.807) is 18.2 Å². The first-order valence-corrected chi connectivity index (χ1v) is 13.1. The summed E-state index contributed by atoms with van der Waals surface area (Å²) in [5, 5.41) is 2.58. The van der Waals surface area contributed by atoms with Crippen LogP contribution in [0.25, 0.3) is 0 Å². The molecule has 2 N–H and O–H groups in total. The van der Waals surface area contributed by atoms with E-state index < -0.39 is 32.0 Å². The minimum Gasteiger partial charge on any atom is -0.495 e. The van der Waals surface area contributed by atoms with Gasteiger partial charge in [-0.2, -0.15) is 9.03 Å². The summed E-state index contributed by atoms with van der Waals surface area (Å²) in [6, 6.07) is 10.9. The summed E-state index contributed by atoms with van der Waals surface area (Å²) >= 11 is 0. The maximum atomic E-state index is 13.1. The molecule has 1 fully saturated rings. The Morgan fingerprint density at radius 2 is 1.66 bits per heavy atom. The predicted octanol–water partition coefficient (Wildman–Crippen LogP) is 2.18. The number of piperidine rings is 1. The number of methoxy groups -OCH3 is 1. The number of amides is 1. The van der Waals surface area contributed by atoms with E-state index in [4.69, 9.17) is 4.74 Å². The van der Waals surface area contributed by atoms with Crippen LogP contribution in [0.4, 0.5) is 5.69 Å². The molecule has 1 aliphatic rings. The van der Waals surface area contributed by atoms with Crippen LogP contribution < -0.4 is 14.8 Å². The summed E-state index contributed by atoms with van der Waals surface area (Å²) in [5.41, 5.74) is 0.220. The number of carbonyl (C=O) groups is 1. The average molecular weight is 482 g/mol. The molecule has 32 heavy (non-hydrogen) atoms. The van der Waals surface area contributed by atoms with E-state index in [-0.39, 0.29) is 21.2 Å². The maximum absolute atomic E-state index is 13.1. The van der Waals surface area contributed by atoms with Gasteiger partial charge in [0.15, 0.2) is 0 Å². The first kappa shape index (κ1) is 24.2. The van der Waals surface area contributed by atoms with E-state index in [1.165, 1.54) is 48.7 Å². The summed E-state index contributed by atoms with van der Waals surface area (Å²) in [7, 11) is -6.31. The van der Waals surface area contributed by atoms with Gasteiger partial charge in [0.05, 0.1) is 18.0 Å². The fourth-order valence-corrected chi connectivity index (χ4v) is 6.33. The molecular formula is C21H27N3O6S2. The molecule has 0 radical (unpaired) electrons. The molecule has 174 valence electrons. The molecule has 1 saturated heterocycles. The SMILES string of the molecule is COc1ccc(NC(=O)[C@H](C)NS(=O)(=O)c2ccccc2)cc1S(=O)(=O)N1CCCCC1. The minimum absolute atomic E-state index is 0.0407. The van der Waals surface area contributed by atoms with Crippen LogP contribution in [0.2, 0.25) is 0 Å². The van der Waals surface area contributed by atoms with Crippen molar-refractivity contribution in [1.29, 1.82) is 0 Å². The molecule has 0 spiro atoms. The van der Waals surface area contributed by atoms with Gasteiger partial charge < -0.3 is 10.1 Å². The van der Waals surface area contributed by atoms with E-state index in [0.29, 0.717) is 13.1 Å². The third-order valence-corrected chi connectivity index (χ3v) is 8.62. The molecule has 11 heteroatoms. The van der Waals surface area contributed by atoms with E-state index in [1.807, 2.05) is 0 Å². The zero-order valence-electron chi connectivity index (χ0n) is 17.9. The van der Waals surface area contributed by atoms with Gasteiger partial charge in [-0.05, 0) is 50.1 Å². The van der Waals surface area contributed by atoms with Gasteiger partial charge in [-0.25, -0.2) is 16.8 Å². The van der Waals surface area contributed by atoms with Crippen molar-refractivity contribution in [2.45, 2.75) is 42.0 Å². The van der Waals surface area contributed by atoms with Gasteiger partial charge in [-0.3, -0.25) is 4.79 Å². The summed E-state index contributed by atoms with van der Waals surface area (Å²) in [6.45, 7) is 2.27. The number of benzene rings is 2. The van der Waals surface area contributed by atoms with Gasteiger partial charge in [0.1, 0.15) is 10.6 Å². The molecule has 2 aromatic rings. The van der Waals surface area contributed by atoms with Gasteiger partial charge in [0.25, 0.3) is 0 Å². The second kappa shape index (κ2) is 9.99. The van der Waals surface area contributed by atoms with Crippen LogP contribution in [0.5, 0.6) is 5.75 Å². The van der Waals surface area contributed by atoms with Crippen LogP contribution in [0, 0.1) is 0 Å². The molecule has 0 unspecified atom stereocenters. The lowest BCUT2D eigenvalue weighted by molar-refractivity contribution is -0.117. The number of hydrogen-bond donors (Lipinski definition) is 2. The van der Waals surface area contributed by atoms with Crippen LogP contribution in [0.3, 0.4) is 0 Å². The molecule has 1 heterocycles. The highest BCUT2D eigenvalue weighted by Gasteiger charge is 2.30. The molecule has 0 aliphatic carbocycles. The summed E-state index contributed by atoms with van der Waals surface area (Å²) in [6.07, 6.45) is 2.56. The normalized spacial score (nSPS) is 16.3. The summed E-state index contributed by atoms with van der Waals surface area (Å²) in [4.78, 5) is 12.6. The van der Waals surface area contributed by atoms with Gasteiger partial charge in [-0.1, -0.05) is 24.6 Å². The van der Waals surface area contributed by atoms with E-state index in [0.717, 1.165) is 19.3 Å². The van der Waals surface area contributed by atoms with Crippen molar-refractivity contribution in [2.75, 3.05) is 25.5 Å². The number of nitrogens with zero attached hydrogens (tertiary/aromatic N) is 1. The highest BCUT2D eigenvalue weighted by molar-refractivity contribution is 7.89. The van der Waals surface area contributed by atoms with Gasteiger partial charge >= 0.3 is 0 Å². The zero-order chi connectivity index (χ0) is 23.4. The Balaban J connectivity index is 1.78. The monoisotopic (exact) mass is 481 g/mol. The second-order valence-corrected chi connectivity index (χ2v) is 11.1. The van der Waals surface area contributed by atoms with Crippen molar-refractivity contribution in [1.82, 2.24) is 9.03 Å². The molecule has 1 atom stereocenters. The molecule has 0 saturated carbocycles. The summed E-state index contributed by atoms with van der Waals surface area (Å²) in [5.74, 6) is -0.456. The van der Waals surface area contributed by atoms with Gasteiger partial charge in [0, 0.05) is 18.8 Å². The molecule has 1 amide bonds. The van der Waals surface area contributed by atoms with Crippen molar-refractivity contribution >= 4 is 31.6 Å². The topological polar surface area (TPSA) is 122 Å². The molecule has 3 rings (SSSR count). The minimum atomic E-state index is -3.89. The van der Waals surface area contributed by atoms with Crippen molar-refractivity contribution in [3.8, 4) is 5.75 Å². The fourth-order valence-electron chi connectivity index (χ4n) is 3.40. The van der Waals surface area contributed by atoms with Crippen LogP contribution in [0.15, 0.2) is 58.3 Å². The lowest BCUT2D eigenvalue weighted by Crippen LogP contribution is -2.41. The van der Waals surface area contributed by atoms with Crippen molar-refractivity contribution < 1.29 is 26.4 Å². The van der Waals surface area contributed by atoms with Crippen LogP contribution in [-0.2, 0) is 24.8 Å². The van der Waals surface area contributed by atoms with Crippen LogP contribution in [0.1, 0.15) is 26.2 Å². The van der Waals surface area contributed by atoms with E-state index in [2.05, 4.69) is 10.0 Å². The highest BCUT2D eigenvalue weighted by Crippen LogP contribution is 2.31. The average Bonchev–Trinajstić information content (AvgIpc) is 2.80. The van der Waals surface area contributed by atoms with E-state index in [9.17, 15) is 21.6 Å². The molecule has 1 aliphatic heterocycles. The predicted molar refractivity (Wildman–Crippen MR) is 120 cm³/mol. The Labute approximate surface area is 188 Å². The number of nitrogens with one attached hydrogen (secondary N) is 2. The third-order valence-electron chi connectivity index (χ3n) is 5.14. The Hall–Kier alpha value is -2.47. The Bertz CT molecular complexity index is 1160. The van der Waals surface area contributed by atoms with Crippen LogP contribution in [-0.4, -0.2) is 53.3 Å². The lowest BCUT2D eigenvalue weighted by atomic mass is 10.2. The number of carbonyl (C=O) groups excluding carboxylic acids is 1. The van der Waals surface area contributed by atoms with Crippen LogP contribution >= 0.6 is 0 Å². The first-order valence-electron chi connectivity index (χ1n) is 10.2. The standard InChI is InChI=1S/C21H27N3O6S2/c1-16(23-31(26,27)18-9-5-3-6-10-18)21(25)22-17-11-12-19(30-2)20(15-17)32(28,29)24-13-7-4-8-14-24/h3,5-6,9-12,15-16,23H,4,7-8,13-14H2,1-2H3,(H,22,25)/t16-/m0/s1. The fraction of sp³-hybridized carbons (Fsp3) is 0.381. The number of ether oxygens (including phenoxy) is 1. The lowest BCUT2D eigenvalue weighted by Gasteiger charge is -2.26. The van der Waals surface area contributed by atoms with E-state index >= 15 is 0 Å². The van der Waals surface area contributed by atoms with Crippen molar-refractivity contribution in [2.24, 2.45) is 0 Å². The maximum Gasteiger partial charge on any atom is 0.246 e. The molecule has 0 bridgehead atoms. The van der Waals surface area contributed by atoms with Gasteiger partial charge in [0.2, 0.25) is 26.0 Å². The first-order chi connectivity index (χ1) is 15.1. The largest absolute Gasteiger partial charge is 0.495 e. The Morgan fingerprint density at radius 3 is 2.28 bits per heavy atom. The summed E-state index contributed by atoms with van der Waals surface area (Å²) < 4.78 is 60.1. The molecule has 0 aromatic heterocycles. The molecular weight excluding hydrogens is 454 g/mol. The van der Waals surface area contributed by atoms with Crippen molar-refractivity contribution in [3.05, 3.63) is 48.5 Å². The van der Waals surface area contributed by atoms with Crippen molar-refractivity contribution in [3.63, 3.8) is 0 Å². The molecule has 2 aromatic carbocycles. The Kier molecular flexibility index (Phi) is 7.55. The number of rotatable bonds is 8. The zero-order valence-corrected chi connectivity index (χ0v) is 19.6. The molecule has 9 nitrogen and oxygen atoms in total. The smallest absolute Gasteiger partial charge is 0.246 e. The van der Waals surface area contributed by atoms with Gasteiger partial charge in [-0.15, -0.1) is 0 Å². The number of hydrogen-bond acceptors (Lipinski definition) is 6.